The van der Waals surface area contributed by atoms with Gasteiger partial charge in [0.1, 0.15) is 18.3 Å². The Hall–Kier alpha value is -2.78. The molecule has 0 spiro atoms. The molecule has 0 bridgehead atoms. The zero-order chi connectivity index (χ0) is 27.2. The minimum atomic E-state index is -3.83. The summed E-state index contributed by atoms with van der Waals surface area (Å²) in [4.78, 5) is 28.4. The predicted molar refractivity (Wildman–Crippen MR) is 146 cm³/mol. The number of halogens is 1. The van der Waals surface area contributed by atoms with Gasteiger partial charge in [0.05, 0.1) is 19.1 Å². The van der Waals surface area contributed by atoms with Crippen LogP contribution in [-0.4, -0.2) is 57.1 Å². The highest BCUT2D eigenvalue weighted by Gasteiger charge is 2.31. The van der Waals surface area contributed by atoms with Crippen molar-refractivity contribution in [2.45, 2.75) is 64.6 Å². The Balaban J connectivity index is 1.90. The average molecular weight is 550 g/mol. The number of anilines is 1. The summed E-state index contributed by atoms with van der Waals surface area (Å²) in [5, 5.41) is 3.45. The molecule has 2 amide bonds. The monoisotopic (exact) mass is 549 g/mol. The van der Waals surface area contributed by atoms with E-state index in [0.717, 1.165) is 48.2 Å². The number of hydrogen-bond acceptors (Lipinski definition) is 5. The third-order valence-corrected chi connectivity index (χ3v) is 8.11. The van der Waals surface area contributed by atoms with Gasteiger partial charge in [0, 0.05) is 17.6 Å². The normalized spacial score (nSPS) is 15.1. The topological polar surface area (TPSA) is 96.0 Å². The second-order valence-corrected chi connectivity index (χ2v) is 11.9. The summed E-state index contributed by atoms with van der Waals surface area (Å²) < 4.78 is 31.8. The molecule has 0 heterocycles. The number of ether oxygens (including phenoxy) is 1. The molecule has 202 valence electrons. The van der Waals surface area contributed by atoms with Gasteiger partial charge in [-0.3, -0.25) is 13.9 Å². The molecule has 0 aliphatic heterocycles. The Morgan fingerprint density at radius 2 is 1.76 bits per heavy atom. The van der Waals surface area contributed by atoms with Gasteiger partial charge in [0.25, 0.3) is 0 Å². The maximum absolute atomic E-state index is 13.7. The van der Waals surface area contributed by atoms with Crippen LogP contribution in [0.1, 0.15) is 50.2 Å². The molecular formula is C27H36ClN3O5S. The van der Waals surface area contributed by atoms with Crippen molar-refractivity contribution in [3.63, 3.8) is 0 Å². The van der Waals surface area contributed by atoms with E-state index in [9.17, 15) is 18.0 Å². The first-order valence-corrected chi connectivity index (χ1v) is 14.7. The summed E-state index contributed by atoms with van der Waals surface area (Å²) in [6, 6.07) is 11.4. The molecule has 37 heavy (non-hydrogen) atoms. The van der Waals surface area contributed by atoms with Gasteiger partial charge in [0.2, 0.25) is 21.8 Å². The second-order valence-electron chi connectivity index (χ2n) is 9.59. The molecule has 1 atom stereocenters. The van der Waals surface area contributed by atoms with Crippen LogP contribution in [0, 0.1) is 6.92 Å². The van der Waals surface area contributed by atoms with Crippen LogP contribution in [0.2, 0.25) is 5.02 Å². The number of carbonyl (C=O) groups is 2. The molecule has 3 rings (SSSR count). The zero-order valence-electron chi connectivity index (χ0n) is 21.9. The standard InChI is InChI=1S/C27H36ClN3O5S/c1-19-10-13-22(28)16-25(19)31(37(4,34)35)18-26(32)30(17-21-11-14-24(36-3)15-12-21)20(2)27(33)29-23-8-6-5-7-9-23/h10-16,20,23H,5-9,17-18H2,1-4H3,(H,29,33)/t20-/m1/s1. The van der Waals surface area contributed by atoms with Gasteiger partial charge in [-0.2, -0.15) is 0 Å². The average Bonchev–Trinajstić information content (AvgIpc) is 2.87. The van der Waals surface area contributed by atoms with Crippen LogP contribution in [0.3, 0.4) is 0 Å². The Morgan fingerprint density at radius 3 is 2.35 bits per heavy atom. The van der Waals surface area contributed by atoms with Gasteiger partial charge in [-0.05, 0) is 62.1 Å². The fourth-order valence-corrected chi connectivity index (χ4v) is 5.59. The van der Waals surface area contributed by atoms with Crippen molar-refractivity contribution < 1.29 is 22.7 Å². The molecule has 0 unspecified atom stereocenters. The summed E-state index contributed by atoms with van der Waals surface area (Å²) in [5.74, 6) is -0.0742. The molecule has 8 nitrogen and oxygen atoms in total. The molecule has 0 saturated heterocycles. The minimum absolute atomic E-state index is 0.0864. The van der Waals surface area contributed by atoms with Crippen LogP contribution in [0.15, 0.2) is 42.5 Å². The molecule has 1 aliphatic carbocycles. The quantitative estimate of drug-likeness (QED) is 0.477. The van der Waals surface area contributed by atoms with E-state index in [-0.39, 0.29) is 18.5 Å². The molecule has 2 aromatic rings. The maximum Gasteiger partial charge on any atom is 0.244 e. The third-order valence-electron chi connectivity index (χ3n) is 6.75. The van der Waals surface area contributed by atoms with Crippen LogP contribution in [-0.2, 0) is 26.2 Å². The van der Waals surface area contributed by atoms with Gasteiger partial charge < -0.3 is 15.0 Å². The summed E-state index contributed by atoms with van der Waals surface area (Å²) in [6.45, 7) is 3.10. The lowest BCUT2D eigenvalue weighted by atomic mass is 9.95. The number of carbonyl (C=O) groups excluding carboxylic acids is 2. The molecule has 1 N–H and O–H groups in total. The molecule has 1 saturated carbocycles. The van der Waals surface area contributed by atoms with Crippen LogP contribution in [0.4, 0.5) is 5.69 Å². The van der Waals surface area contributed by atoms with Crippen molar-refractivity contribution in [1.29, 1.82) is 0 Å². The Labute approximate surface area is 225 Å². The number of nitrogens with zero attached hydrogens (tertiary/aromatic N) is 2. The third kappa shape index (κ3) is 7.85. The van der Waals surface area contributed by atoms with Crippen molar-refractivity contribution in [2.24, 2.45) is 0 Å². The first-order valence-electron chi connectivity index (χ1n) is 12.5. The molecule has 0 radical (unpaired) electrons. The lowest BCUT2D eigenvalue weighted by molar-refractivity contribution is -0.139. The number of amides is 2. The molecule has 1 aliphatic rings. The van der Waals surface area contributed by atoms with E-state index in [1.807, 2.05) is 12.1 Å². The SMILES string of the molecule is COc1ccc(CN(C(=O)CN(c2cc(Cl)ccc2C)S(C)(=O)=O)[C@H](C)C(=O)NC2CCCCC2)cc1. The Kier molecular flexibility index (Phi) is 9.84. The summed E-state index contributed by atoms with van der Waals surface area (Å²) in [7, 11) is -2.26. The number of hydrogen-bond donors (Lipinski definition) is 1. The van der Waals surface area contributed by atoms with Crippen molar-refractivity contribution in [1.82, 2.24) is 10.2 Å². The highest BCUT2D eigenvalue weighted by atomic mass is 35.5. The fraction of sp³-hybridized carbons (Fsp3) is 0.481. The number of methoxy groups -OCH3 is 1. The first kappa shape index (κ1) is 28.8. The van der Waals surface area contributed by atoms with Crippen molar-refractivity contribution in [2.75, 3.05) is 24.2 Å². The van der Waals surface area contributed by atoms with Gasteiger partial charge in [-0.25, -0.2) is 8.42 Å². The van der Waals surface area contributed by atoms with Crippen LogP contribution in [0.25, 0.3) is 0 Å². The minimum Gasteiger partial charge on any atom is -0.497 e. The van der Waals surface area contributed by atoms with Gasteiger partial charge in [0.15, 0.2) is 0 Å². The van der Waals surface area contributed by atoms with E-state index < -0.39 is 28.5 Å². The summed E-state index contributed by atoms with van der Waals surface area (Å²) in [6.07, 6.45) is 6.18. The van der Waals surface area contributed by atoms with Gasteiger partial charge in [-0.15, -0.1) is 0 Å². The molecule has 2 aromatic carbocycles. The van der Waals surface area contributed by atoms with Crippen LogP contribution < -0.4 is 14.4 Å². The number of benzene rings is 2. The predicted octanol–water partition coefficient (Wildman–Crippen LogP) is 4.29. The first-order chi connectivity index (χ1) is 17.5. The van der Waals surface area contributed by atoms with E-state index in [0.29, 0.717) is 22.0 Å². The van der Waals surface area contributed by atoms with Gasteiger partial charge >= 0.3 is 0 Å². The number of aryl methyl sites for hydroxylation is 1. The molecule has 10 heteroatoms. The molecule has 0 aromatic heterocycles. The number of rotatable bonds is 10. The van der Waals surface area contributed by atoms with E-state index in [4.69, 9.17) is 16.3 Å². The summed E-state index contributed by atoms with van der Waals surface area (Å²) in [5.41, 5.74) is 1.77. The second kappa shape index (κ2) is 12.6. The van der Waals surface area contributed by atoms with Crippen molar-refractivity contribution >= 4 is 39.1 Å². The fourth-order valence-electron chi connectivity index (χ4n) is 4.52. The Bertz CT molecular complexity index is 1200. The lowest BCUT2D eigenvalue weighted by Gasteiger charge is -2.33. The zero-order valence-corrected chi connectivity index (χ0v) is 23.4. The van der Waals surface area contributed by atoms with E-state index in [1.165, 1.54) is 11.0 Å². The largest absolute Gasteiger partial charge is 0.497 e. The Morgan fingerprint density at radius 1 is 1.11 bits per heavy atom. The number of sulfonamides is 1. The van der Waals surface area contributed by atoms with E-state index in [2.05, 4.69) is 5.32 Å². The maximum atomic E-state index is 13.7. The van der Waals surface area contributed by atoms with Gasteiger partial charge in [-0.1, -0.05) is 49.1 Å². The number of nitrogens with one attached hydrogen (secondary N) is 1. The van der Waals surface area contributed by atoms with Crippen LogP contribution >= 0.6 is 11.6 Å². The lowest BCUT2D eigenvalue weighted by Crippen LogP contribution is -2.53. The van der Waals surface area contributed by atoms with E-state index in [1.54, 1.807) is 45.2 Å². The van der Waals surface area contributed by atoms with Crippen molar-refractivity contribution in [3.05, 3.63) is 58.6 Å². The summed E-state index contributed by atoms with van der Waals surface area (Å²) >= 11 is 6.15. The highest BCUT2D eigenvalue weighted by Crippen LogP contribution is 2.27. The highest BCUT2D eigenvalue weighted by molar-refractivity contribution is 7.92. The van der Waals surface area contributed by atoms with Crippen LogP contribution in [0.5, 0.6) is 5.75 Å². The molecule has 1 fully saturated rings. The smallest absolute Gasteiger partial charge is 0.244 e. The van der Waals surface area contributed by atoms with Crippen molar-refractivity contribution in [3.8, 4) is 5.75 Å². The molecular weight excluding hydrogens is 514 g/mol. The van der Waals surface area contributed by atoms with E-state index >= 15 is 0 Å².